The number of hydrogen-bond donors (Lipinski definition) is 3. The molecule has 0 fully saturated rings. The van der Waals surface area contributed by atoms with Crippen molar-refractivity contribution in [2.45, 2.75) is 262 Å². The number of benzene rings is 9. The first-order valence-electron chi connectivity index (χ1n) is 46.1. The van der Waals surface area contributed by atoms with Crippen LogP contribution in [0.5, 0.6) is 0 Å². The van der Waals surface area contributed by atoms with Crippen LogP contribution in [0, 0.1) is 108 Å². The minimum Gasteiger partial charge on any atom is -0.512 e. The van der Waals surface area contributed by atoms with Gasteiger partial charge in [0, 0.05) is 137 Å². The first-order valence-corrected chi connectivity index (χ1v) is 46.1. The van der Waals surface area contributed by atoms with Gasteiger partial charge in [-0.2, -0.15) is 0 Å². The summed E-state index contributed by atoms with van der Waals surface area (Å²) in [6, 6.07) is 69.5. The molecule has 3 aliphatic carbocycles. The maximum absolute atomic E-state index is 11.2. The Bertz CT molecular complexity index is 5870. The zero-order chi connectivity index (χ0) is 93.3. The van der Waals surface area contributed by atoms with Gasteiger partial charge in [-0.3, -0.25) is 29.3 Å². The molecule has 0 aliphatic heterocycles. The molecular weight excluding hydrogens is 2130 g/mol. The summed E-state index contributed by atoms with van der Waals surface area (Å²) < 4.78 is 0. The maximum atomic E-state index is 11.2. The van der Waals surface area contributed by atoms with Gasteiger partial charge in [-0.1, -0.05) is 271 Å². The van der Waals surface area contributed by atoms with Crippen LogP contribution in [0.2, 0.25) is 0 Å². The van der Waals surface area contributed by atoms with Crippen LogP contribution in [0.4, 0.5) is 0 Å². The number of carbonyl (C=O) groups is 3. The number of rotatable bonds is 20. The second kappa shape index (κ2) is 46.0. The van der Waals surface area contributed by atoms with Gasteiger partial charge in [0.1, 0.15) is 0 Å². The van der Waals surface area contributed by atoms with Crippen LogP contribution < -0.4 is 0 Å². The van der Waals surface area contributed by atoms with E-state index in [0.717, 1.165) is 86.3 Å². The van der Waals surface area contributed by atoms with E-state index < -0.39 is 0 Å². The molecule has 9 aromatic carbocycles. The minimum atomic E-state index is -0.125. The summed E-state index contributed by atoms with van der Waals surface area (Å²) >= 11 is 0. The molecule has 15 rings (SSSR count). The van der Waals surface area contributed by atoms with Crippen molar-refractivity contribution in [2.24, 2.45) is 41.4 Å². The second-order valence-electron chi connectivity index (χ2n) is 40.8. The number of nitrogens with zero attached hydrogens (tertiary/aromatic N) is 3. The number of aromatic nitrogens is 3. The van der Waals surface area contributed by atoms with Gasteiger partial charge in [0.2, 0.25) is 0 Å². The third-order valence-electron chi connectivity index (χ3n) is 23.7. The molecule has 130 heavy (non-hydrogen) atoms. The second-order valence-corrected chi connectivity index (χ2v) is 40.8. The molecule has 0 amide bonds. The predicted octanol–water partition coefficient (Wildman–Crippen LogP) is 31.0. The van der Waals surface area contributed by atoms with Crippen LogP contribution in [0.1, 0.15) is 267 Å². The van der Waals surface area contributed by atoms with E-state index in [9.17, 15) is 24.6 Å². The van der Waals surface area contributed by atoms with E-state index in [1.54, 1.807) is 0 Å². The Kier molecular flexibility index (Phi) is 38.1. The molecule has 9 nitrogen and oxygen atoms in total. The van der Waals surface area contributed by atoms with E-state index >= 15 is 0 Å². The van der Waals surface area contributed by atoms with Crippen molar-refractivity contribution in [1.29, 1.82) is 0 Å². The first kappa shape index (κ1) is 108. The van der Waals surface area contributed by atoms with Gasteiger partial charge < -0.3 is 15.3 Å². The van der Waals surface area contributed by atoms with Gasteiger partial charge >= 0.3 is 0 Å². The molecule has 3 heterocycles. The van der Waals surface area contributed by atoms with Gasteiger partial charge in [0.15, 0.2) is 17.3 Å². The van der Waals surface area contributed by atoms with Gasteiger partial charge in [-0.05, 0) is 218 Å². The molecule has 0 bridgehead atoms. The average Bonchev–Trinajstić information content (AvgIpc) is 1.55. The Morgan fingerprint density at radius 1 is 0.323 bits per heavy atom. The number of pyridine rings is 3. The van der Waals surface area contributed by atoms with Crippen LogP contribution >= 0.6 is 0 Å². The summed E-state index contributed by atoms with van der Waals surface area (Å²) in [6.07, 6.45) is 9.22. The van der Waals surface area contributed by atoms with Gasteiger partial charge in [0.05, 0.1) is 33.8 Å². The van der Waals surface area contributed by atoms with Crippen molar-refractivity contribution in [3.63, 3.8) is 0 Å². The number of ketones is 3. The van der Waals surface area contributed by atoms with Crippen molar-refractivity contribution in [3.8, 4) is 67.2 Å². The molecule has 12 aromatic rings. The number of aryl methyl sites for hydroxylation is 7. The summed E-state index contributed by atoms with van der Waals surface area (Å²) in [4.78, 5) is 48.0. The predicted molar refractivity (Wildman–Crippen MR) is 536 cm³/mol. The summed E-state index contributed by atoms with van der Waals surface area (Å²) in [5.41, 5.74) is 38.9. The molecule has 3 N–H and O–H groups in total. The number of carbonyl (C=O) groups excluding carboxylic acids is 3. The number of aliphatic hydroxyl groups is 3. The van der Waals surface area contributed by atoms with Crippen molar-refractivity contribution >= 4 is 50.1 Å². The molecule has 693 valence electrons. The molecular formula is C118H140Ir3N3O6-3. The smallest absolute Gasteiger partial charge is 0.159 e. The molecule has 3 aromatic heterocycles. The van der Waals surface area contributed by atoms with Gasteiger partial charge in [-0.15, -0.1) is 105 Å². The zero-order valence-electron chi connectivity index (χ0n) is 82.6. The van der Waals surface area contributed by atoms with E-state index in [1.165, 1.54) is 154 Å². The fraction of sp³-hybridized carbons (Fsp3) is 0.390. The van der Waals surface area contributed by atoms with Crippen LogP contribution in [-0.4, -0.2) is 47.6 Å². The molecule has 0 spiro atoms. The van der Waals surface area contributed by atoms with Crippen LogP contribution in [0.25, 0.3) is 99.9 Å². The Balaban J connectivity index is 0.000000226. The molecule has 3 aliphatic rings. The number of hydrogen-bond acceptors (Lipinski definition) is 9. The fourth-order valence-electron chi connectivity index (χ4n) is 18.5. The van der Waals surface area contributed by atoms with Crippen molar-refractivity contribution in [1.82, 2.24) is 15.0 Å². The van der Waals surface area contributed by atoms with E-state index in [4.69, 9.17) is 20.1 Å². The topological polar surface area (TPSA) is 151 Å². The van der Waals surface area contributed by atoms with Crippen molar-refractivity contribution in [3.05, 3.63) is 300 Å². The minimum absolute atomic E-state index is 0. The molecule has 12 heteroatoms. The van der Waals surface area contributed by atoms with E-state index in [2.05, 4.69) is 307 Å². The number of aliphatic hydroxyl groups excluding tert-OH is 3. The SMILES string of the molecule is CC(=O)C=C(C)O.CC(C)CC(=O)C=C(O)CC(C)C.CC(C)CC(=O)C=C(O)CC(C)C.Cc1[c-]c(-c2cc(CC(C)C)c3cc4c(cc3n2)C(C)(C)c2cc(C)ccc2-4)cc(C)c1.Cc1[c-]c(-c2cc(CC(C)C)c3cc4c(cc3n2)C(C)(C)c2ccccc2-4)cc(C)c1.Cc1[c-]c(-c2cc(CC(C)C)c3cc4c(cc3n2)C(C)(C)c2ccccc2-4)cc(C)c1.[Ir].[Ir].[Ir]. The third kappa shape index (κ3) is 27.3. The maximum Gasteiger partial charge on any atom is 0.159 e. The molecule has 0 atom stereocenters. The monoisotopic (exact) mass is 2270 g/mol. The van der Waals surface area contributed by atoms with Gasteiger partial charge in [-0.25, -0.2) is 0 Å². The summed E-state index contributed by atoms with van der Waals surface area (Å²) in [5, 5.41) is 30.9. The van der Waals surface area contributed by atoms with Crippen LogP contribution in [0.15, 0.2) is 193 Å². The summed E-state index contributed by atoms with van der Waals surface area (Å²) in [6.45, 7) is 61.6. The first-order chi connectivity index (χ1) is 59.6. The van der Waals surface area contributed by atoms with E-state index in [0.29, 0.717) is 67.1 Å². The third-order valence-corrected chi connectivity index (χ3v) is 23.7. The van der Waals surface area contributed by atoms with Crippen LogP contribution in [0.3, 0.4) is 0 Å². The quantitative estimate of drug-likeness (QED) is 0.0385. The molecule has 3 radical (unpaired) electrons. The standard InChI is InChI=1S/C31H32N.2C30H30N.2C11H20O2.C5H8O2.3Ir/c1-18(2)10-22-15-29(23-12-20(4)11-21(5)13-23)32-30-17-28-26(16-25(22)30)24-9-8-19(3)14-27(24)31(28,6)7;2*1-18(2)11-21-15-28(22-13-19(3)12-20(4)14-22)31-29-17-27-25(16-24(21)29)23-9-7-8-10-26(23)30(27,5)6;2*1-8(2)5-10(12)7-11(13)6-9(3)4;1-4(6)3-5(2)7;;;/h8-9,11-12,14-18H,10H2,1-7H3;2*7-10,12-13,15-18H,11H2,1-6H3;2*7-9,12H,5-6H2,1-4H3;3,6H,1-2H3;;;/q3*-1;;;;;;. The molecule has 0 unspecified atom stereocenters. The van der Waals surface area contributed by atoms with E-state index in [-0.39, 0.29) is 111 Å². The van der Waals surface area contributed by atoms with Gasteiger partial charge in [0.25, 0.3) is 0 Å². The van der Waals surface area contributed by atoms with Crippen molar-refractivity contribution in [2.75, 3.05) is 0 Å². The molecule has 0 saturated carbocycles. The summed E-state index contributed by atoms with van der Waals surface area (Å²) in [5.74, 6) is 3.64. The van der Waals surface area contributed by atoms with E-state index in [1.807, 2.05) is 55.4 Å². The Morgan fingerprint density at radius 3 is 0.877 bits per heavy atom. The Morgan fingerprint density at radius 2 is 0.608 bits per heavy atom. The van der Waals surface area contributed by atoms with Crippen molar-refractivity contribution < 1.29 is 90.0 Å². The molecule has 0 saturated heterocycles. The number of allylic oxidation sites excluding steroid dienone is 6. The largest absolute Gasteiger partial charge is 0.512 e. The number of fused-ring (bicyclic) bond motifs is 12. The normalized spacial score (nSPS) is 13.4. The Labute approximate surface area is 819 Å². The van der Waals surface area contributed by atoms with Crippen LogP contribution in [-0.2, 0) is 110 Å². The fourth-order valence-corrected chi connectivity index (χ4v) is 18.5. The average molecular weight is 2270 g/mol. The zero-order valence-corrected chi connectivity index (χ0v) is 89.8. The summed E-state index contributed by atoms with van der Waals surface area (Å²) in [7, 11) is 0. The Hall–Kier alpha value is -9.21.